The summed E-state index contributed by atoms with van der Waals surface area (Å²) in [6.45, 7) is 0. The monoisotopic (exact) mass is 683 g/mol. The fourth-order valence-electron chi connectivity index (χ4n) is 11.1. The molecule has 3 nitrogen and oxygen atoms in total. The summed E-state index contributed by atoms with van der Waals surface area (Å²) in [5.41, 5.74) is 11.8. The minimum absolute atomic E-state index is 0.00719. The molecule has 0 atom stereocenters. The van der Waals surface area contributed by atoms with Crippen molar-refractivity contribution in [3.05, 3.63) is 175 Å². The average Bonchev–Trinajstić information content (AvgIpc) is 3.56. The summed E-state index contributed by atoms with van der Waals surface area (Å²) in [5, 5.41) is 2.61. The maximum Gasteiger partial charge on any atom is 0.160 e. The minimum atomic E-state index is 0.00719. The molecular weight excluding hydrogens is 643 g/mol. The molecule has 0 amide bonds. The maximum absolute atomic E-state index is 5.15. The lowest BCUT2D eigenvalue weighted by Gasteiger charge is -2.62. The van der Waals surface area contributed by atoms with Gasteiger partial charge in [0.05, 0.1) is 22.4 Å². The van der Waals surface area contributed by atoms with Gasteiger partial charge in [-0.3, -0.25) is 0 Å². The van der Waals surface area contributed by atoms with Crippen molar-refractivity contribution in [1.29, 1.82) is 0 Å². The molecule has 4 aliphatic carbocycles. The quantitative estimate of drug-likeness (QED) is 0.175. The number of nitrogens with zero attached hydrogens (tertiary/aromatic N) is 3. The Morgan fingerprint density at radius 3 is 1.40 bits per heavy atom. The summed E-state index contributed by atoms with van der Waals surface area (Å²) in [7, 11) is 0. The van der Waals surface area contributed by atoms with Gasteiger partial charge in [-0.15, -0.1) is 0 Å². The Hall–Kier alpha value is -5.80. The van der Waals surface area contributed by atoms with Crippen LogP contribution in [0.1, 0.15) is 43.2 Å². The van der Waals surface area contributed by atoms with Crippen molar-refractivity contribution < 1.29 is 0 Å². The molecule has 12 rings (SSSR count). The van der Waals surface area contributed by atoms with E-state index in [2.05, 4.69) is 168 Å². The molecule has 8 aromatic rings. The first-order chi connectivity index (χ1) is 26.2. The summed E-state index contributed by atoms with van der Waals surface area (Å²) < 4.78 is 2.44. The van der Waals surface area contributed by atoms with Gasteiger partial charge in [0.25, 0.3) is 0 Å². The molecule has 53 heavy (non-hydrogen) atoms. The van der Waals surface area contributed by atoms with Crippen LogP contribution in [0.15, 0.2) is 164 Å². The molecule has 0 spiro atoms. The third-order valence-corrected chi connectivity index (χ3v) is 13.1. The average molecular weight is 684 g/mol. The Morgan fingerprint density at radius 1 is 0.434 bits per heavy atom. The van der Waals surface area contributed by atoms with Gasteiger partial charge in [-0.05, 0) is 97.2 Å². The van der Waals surface area contributed by atoms with Crippen molar-refractivity contribution >= 4 is 21.8 Å². The van der Waals surface area contributed by atoms with Crippen LogP contribution in [0.2, 0.25) is 0 Å². The number of para-hydroxylation sites is 2. The van der Waals surface area contributed by atoms with Crippen molar-refractivity contribution in [1.82, 2.24) is 14.5 Å². The van der Waals surface area contributed by atoms with Crippen molar-refractivity contribution in [2.24, 2.45) is 23.7 Å². The first-order valence-corrected chi connectivity index (χ1v) is 19.4. The van der Waals surface area contributed by atoms with Crippen molar-refractivity contribution in [2.45, 2.75) is 37.5 Å². The molecule has 4 aliphatic rings. The highest BCUT2D eigenvalue weighted by atomic mass is 15.0. The molecule has 0 saturated heterocycles. The van der Waals surface area contributed by atoms with E-state index in [0.29, 0.717) is 11.8 Å². The first kappa shape index (κ1) is 30.8. The molecule has 2 aromatic heterocycles. The van der Waals surface area contributed by atoms with Crippen molar-refractivity contribution in [2.75, 3.05) is 0 Å². The highest BCUT2D eigenvalue weighted by Gasteiger charge is 2.58. The van der Waals surface area contributed by atoms with E-state index < -0.39 is 0 Å². The summed E-state index contributed by atoms with van der Waals surface area (Å²) in [6, 6.07) is 59.9. The van der Waals surface area contributed by atoms with Gasteiger partial charge in [0.15, 0.2) is 5.82 Å². The second-order valence-corrected chi connectivity index (χ2v) is 15.9. The third kappa shape index (κ3) is 4.87. The number of benzene rings is 6. The predicted octanol–water partition coefficient (Wildman–Crippen LogP) is 12.3. The molecule has 0 unspecified atom stereocenters. The lowest BCUT2D eigenvalue weighted by molar-refractivity contribution is -0.0418. The largest absolute Gasteiger partial charge is 0.309 e. The summed E-state index contributed by atoms with van der Waals surface area (Å²) in [5.74, 6) is 3.85. The second-order valence-electron chi connectivity index (χ2n) is 15.9. The van der Waals surface area contributed by atoms with Gasteiger partial charge in [-0.1, -0.05) is 133 Å². The number of fused-ring (bicyclic) bond motifs is 3. The molecule has 2 heterocycles. The van der Waals surface area contributed by atoms with E-state index in [1.165, 1.54) is 70.7 Å². The van der Waals surface area contributed by atoms with Crippen LogP contribution in [0.3, 0.4) is 0 Å². The van der Waals surface area contributed by atoms with Gasteiger partial charge < -0.3 is 4.57 Å². The van der Waals surface area contributed by atoms with E-state index in [1.54, 1.807) is 0 Å². The molecule has 0 N–H and O–H groups in total. The van der Waals surface area contributed by atoms with Crippen molar-refractivity contribution in [3.8, 4) is 39.6 Å². The van der Waals surface area contributed by atoms with Crippen molar-refractivity contribution in [3.63, 3.8) is 0 Å². The molecule has 4 saturated carbocycles. The summed E-state index contributed by atoms with van der Waals surface area (Å²) >= 11 is 0. The number of aromatic nitrogens is 3. The van der Waals surface area contributed by atoms with Crippen LogP contribution in [-0.4, -0.2) is 14.5 Å². The third-order valence-electron chi connectivity index (χ3n) is 13.1. The molecule has 6 aromatic carbocycles. The van der Waals surface area contributed by atoms with Crippen LogP contribution in [0, 0.1) is 23.7 Å². The van der Waals surface area contributed by atoms with Gasteiger partial charge in [0, 0.05) is 38.6 Å². The maximum atomic E-state index is 5.15. The molecule has 4 bridgehead atoms. The van der Waals surface area contributed by atoms with E-state index in [-0.39, 0.29) is 5.41 Å². The van der Waals surface area contributed by atoms with E-state index in [0.717, 1.165) is 45.7 Å². The van der Waals surface area contributed by atoms with Gasteiger partial charge >= 0.3 is 0 Å². The van der Waals surface area contributed by atoms with Gasteiger partial charge in [-0.2, -0.15) is 0 Å². The Labute approximate surface area is 311 Å². The Kier molecular flexibility index (Phi) is 7.05. The topological polar surface area (TPSA) is 30.7 Å². The Balaban J connectivity index is 1.02. The van der Waals surface area contributed by atoms with E-state index >= 15 is 0 Å². The molecule has 256 valence electrons. The van der Waals surface area contributed by atoms with E-state index in [4.69, 9.17) is 9.97 Å². The van der Waals surface area contributed by atoms with Gasteiger partial charge in [0.1, 0.15) is 0 Å². The van der Waals surface area contributed by atoms with Gasteiger partial charge in [0.2, 0.25) is 0 Å². The second kappa shape index (κ2) is 12.1. The highest BCUT2D eigenvalue weighted by molar-refractivity contribution is 6.09. The smallest absolute Gasteiger partial charge is 0.160 e. The molecule has 4 fully saturated rings. The van der Waals surface area contributed by atoms with Crippen LogP contribution in [0.4, 0.5) is 0 Å². The fourth-order valence-corrected chi connectivity index (χ4v) is 11.1. The Morgan fingerprint density at radius 2 is 0.887 bits per heavy atom. The zero-order valence-corrected chi connectivity index (χ0v) is 29.8. The fraction of sp³-hybridized carbons (Fsp3) is 0.200. The highest BCUT2D eigenvalue weighted by Crippen LogP contribution is 2.65. The van der Waals surface area contributed by atoms with Crippen LogP contribution < -0.4 is 0 Å². The zero-order valence-electron chi connectivity index (χ0n) is 29.8. The molecule has 3 heteroatoms. The lowest BCUT2D eigenvalue weighted by Crippen LogP contribution is -2.56. The molecular formula is C50H41N3. The van der Waals surface area contributed by atoms with E-state index in [9.17, 15) is 0 Å². The zero-order chi connectivity index (χ0) is 34.9. The lowest BCUT2D eigenvalue weighted by atomic mass is 9.42. The summed E-state index contributed by atoms with van der Waals surface area (Å²) in [6.07, 6.45) is 6.80. The Bertz CT molecular complexity index is 2460. The SMILES string of the molecule is c1ccc(-c2cc(-c3ccccc3)nc(-c3ccc(C4(c5ccc(-n6c7ccccc7c7ccccc76)cc5)C5CC6CC(C5)CC4C6)cc3)n2)cc1. The molecule has 0 aliphatic heterocycles. The standard InChI is InChI=1S/C50H41N3/c1-3-11-35(12-4-1)45-32-46(36-13-5-2-6-14-36)52-49(51-45)37-19-21-38(22-20-37)50(40-28-33-27-34(30-40)31-41(50)29-33)39-23-25-42(26-24-39)53-47-17-9-7-15-43(47)44-16-8-10-18-48(44)53/h1-26,32-34,40-41H,27-31H2. The summed E-state index contributed by atoms with van der Waals surface area (Å²) in [4.78, 5) is 10.3. The number of hydrogen-bond donors (Lipinski definition) is 0. The number of hydrogen-bond acceptors (Lipinski definition) is 2. The normalized spacial score (nSPS) is 23.2. The van der Waals surface area contributed by atoms with Crippen LogP contribution in [0.5, 0.6) is 0 Å². The van der Waals surface area contributed by atoms with Gasteiger partial charge in [-0.25, -0.2) is 9.97 Å². The van der Waals surface area contributed by atoms with Crippen LogP contribution in [-0.2, 0) is 5.41 Å². The minimum Gasteiger partial charge on any atom is -0.309 e. The predicted molar refractivity (Wildman–Crippen MR) is 217 cm³/mol. The van der Waals surface area contributed by atoms with Crippen LogP contribution >= 0.6 is 0 Å². The van der Waals surface area contributed by atoms with Crippen LogP contribution in [0.25, 0.3) is 61.4 Å². The number of rotatable bonds is 6. The molecule has 0 radical (unpaired) electrons. The first-order valence-electron chi connectivity index (χ1n) is 19.4. The van der Waals surface area contributed by atoms with E-state index in [1.807, 2.05) is 0 Å².